The smallest absolute Gasteiger partial charge is 0.253 e. The van der Waals surface area contributed by atoms with Crippen LogP contribution in [0.3, 0.4) is 0 Å². The van der Waals surface area contributed by atoms with Crippen molar-refractivity contribution in [2.45, 2.75) is 39.2 Å². The van der Waals surface area contributed by atoms with Crippen LogP contribution in [-0.4, -0.2) is 44.0 Å². The van der Waals surface area contributed by atoms with Gasteiger partial charge in [-0.3, -0.25) is 4.79 Å². The number of amides is 1. The zero-order chi connectivity index (χ0) is 20.9. The lowest BCUT2D eigenvalue weighted by Crippen LogP contribution is -2.37. The Hall–Kier alpha value is -2.09. The van der Waals surface area contributed by atoms with Gasteiger partial charge in [-0.25, -0.2) is 4.99 Å². The van der Waals surface area contributed by atoms with Gasteiger partial charge < -0.3 is 15.5 Å². The molecular weight excluding hydrogens is 487 g/mol. The Morgan fingerprint density at radius 3 is 2.23 bits per heavy atom. The lowest BCUT2D eigenvalue weighted by Gasteiger charge is -2.12. The molecule has 164 valence electrons. The standard InChI is InChI=1S/C24H34N4O.HI/c1-4-25-24(26-18-10-6-9-13-20-11-7-5-8-12-20)27-19-21-14-16-22(17-15-21)23(29)28(2)3;/h5,7-8,11-12,14-17H,4,6,9-10,13,18-19H2,1-3H3,(H2,25,26,27);1H. The zero-order valence-corrected chi connectivity index (χ0v) is 20.7. The molecule has 2 aromatic carbocycles. The van der Waals surface area contributed by atoms with Crippen LogP contribution in [0.15, 0.2) is 59.6 Å². The summed E-state index contributed by atoms with van der Waals surface area (Å²) in [5.74, 6) is 0.853. The third kappa shape index (κ3) is 9.61. The molecule has 0 saturated heterocycles. The maximum atomic E-state index is 12.0. The van der Waals surface area contributed by atoms with Crippen molar-refractivity contribution in [1.82, 2.24) is 15.5 Å². The van der Waals surface area contributed by atoms with Gasteiger partial charge in [-0.2, -0.15) is 0 Å². The Morgan fingerprint density at radius 1 is 0.900 bits per heavy atom. The lowest BCUT2D eigenvalue weighted by molar-refractivity contribution is 0.0827. The van der Waals surface area contributed by atoms with E-state index in [0.29, 0.717) is 12.1 Å². The summed E-state index contributed by atoms with van der Waals surface area (Å²) < 4.78 is 0. The normalized spacial score (nSPS) is 10.8. The quantitative estimate of drug-likeness (QED) is 0.210. The highest BCUT2D eigenvalue weighted by atomic mass is 127. The molecule has 0 unspecified atom stereocenters. The van der Waals surface area contributed by atoms with Crippen molar-refractivity contribution >= 4 is 35.8 Å². The first kappa shape index (κ1) is 25.9. The van der Waals surface area contributed by atoms with Crippen molar-refractivity contribution in [3.63, 3.8) is 0 Å². The molecule has 0 spiro atoms. The van der Waals surface area contributed by atoms with Crippen LogP contribution in [0.25, 0.3) is 0 Å². The van der Waals surface area contributed by atoms with Crippen LogP contribution < -0.4 is 10.6 Å². The van der Waals surface area contributed by atoms with Gasteiger partial charge in [0.1, 0.15) is 0 Å². The third-order valence-corrected chi connectivity index (χ3v) is 4.65. The topological polar surface area (TPSA) is 56.7 Å². The number of aryl methyl sites for hydroxylation is 1. The van der Waals surface area contributed by atoms with Crippen molar-refractivity contribution in [2.75, 3.05) is 27.2 Å². The first-order valence-electron chi connectivity index (χ1n) is 10.5. The fraction of sp³-hybridized carbons (Fsp3) is 0.417. The van der Waals surface area contributed by atoms with Crippen molar-refractivity contribution in [3.05, 3.63) is 71.3 Å². The van der Waals surface area contributed by atoms with Crippen LogP contribution in [0.1, 0.15) is 47.7 Å². The second-order valence-electron chi connectivity index (χ2n) is 7.31. The highest BCUT2D eigenvalue weighted by Crippen LogP contribution is 2.08. The maximum absolute atomic E-state index is 12.0. The number of nitrogens with zero attached hydrogens (tertiary/aromatic N) is 2. The van der Waals surface area contributed by atoms with E-state index in [-0.39, 0.29) is 29.9 Å². The second kappa shape index (κ2) is 14.8. The average Bonchev–Trinajstić information content (AvgIpc) is 2.74. The molecule has 2 rings (SSSR count). The molecule has 1 amide bonds. The van der Waals surface area contributed by atoms with Gasteiger partial charge >= 0.3 is 0 Å². The van der Waals surface area contributed by atoms with E-state index >= 15 is 0 Å². The van der Waals surface area contributed by atoms with E-state index in [0.717, 1.165) is 37.5 Å². The van der Waals surface area contributed by atoms with Crippen LogP contribution in [0.4, 0.5) is 0 Å². The highest BCUT2D eigenvalue weighted by molar-refractivity contribution is 14.0. The van der Waals surface area contributed by atoms with Gasteiger partial charge in [0.25, 0.3) is 5.91 Å². The molecule has 0 aliphatic heterocycles. The monoisotopic (exact) mass is 522 g/mol. The van der Waals surface area contributed by atoms with E-state index in [1.54, 1.807) is 19.0 Å². The van der Waals surface area contributed by atoms with E-state index in [2.05, 4.69) is 52.9 Å². The molecule has 2 N–H and O–H groups in total. The summed E-state index contributed by atoms with van der Waals surface area (Å²) in [6.07, 6.45) is 4.67. The van der Waals surface area contributed by atoms with Gasteiger partial charge in [-0.15, -0.1) is 24.0 Å². The number of nitrogens with one attached hydrogen (secondary N) is 2. The van der Waals surface area contributed by atoms with Gasteiger partial charge in [0.2, 0.25) is 0 Å². The van der Waals surface area contributed by atoms with Crippen molar-refractivity contribution < 1.29 is 4.79 Å². The molecule has 2 aromatic rings. The van der Waals surface area contributed by atoms with Gasteiger partial charge in [0, 0.05) is 32.7 Å². The summed E-state index contributed by atoms with van der Waals surface area (Å²) >= 11 is 0. The van der Waals surface area contributed by atoms with Gasteiger partial charge in [0.05, 0.1) is 6.54 Å². The maximum Gasteiger partial charge on any atom is 0.253 e. The van der Waals surface area contributed by atoms with Crippen molar-refractivity contribution in [2.24, 2.45) is 4.99 Å². The number of halogens is 1. The van der Waals surface area contributed by atoms with Crippen LogP contribution >= 0.6 is 24.0 Å². The third-order valence-electron chi connectivity index (χ3n) is 4.65. The molecule has 6 heteroatoms. The molecule has 0 saturated carbocycles. The number of unbranched alkanes of at least 4 members (excludes halogenated alkanes) is 2. The van der Waals surface area contributed by atoms with E-state index in [9.17, 15) is 4.79 Å². The molecule has 5 nitrogen and oxygen atoms in total. The van der Waals surface area contributed by atoms with Crippen LogP contribution in [0.5, 0.6) is 0 Å². The molecule has 0 heterocycles. The van der Waals surface area contributed by atoms with E-state index < -0.39 is 0 Å². The van der Waals surface area contributed by atoms with Crippen LogP contribution in [0.2, 0.25) is 0 Å². The summed E-state index contributed by atoms with van der Waals surface area (Å²) in [5.41, 5.74) is 3.19. The molecule has 0 atom stereocenters. The number of carbonyl (C=O) groups excluding carboxylic acids is 1. The number of carbonyl (C=O) groups is 1. The molecule has 0 aliphatic rings. The van der Waals surface area contributed by atoms with Crippen molar-refractivity contribution in [3.8, 4) is 0 Å². The van der Waals surface area contributed by atoms with Gasteiger partial charge in [0.15, 0.2) is 5.96 Å². The van der Waals surface area contributed by atoms with E-state index in [1.807, 2.05) is 24.3 Å². The SMILES string of the molecule is CCNC(=NCc1ccc(C(=O)N(C)C)cc1)NCCCCCc1ccccc1.I. The largest absolute Gasteiger partial charge is 0.357 e. The Balaban J connectivity index is 0.00000450. The Labute approximate surface area is 198 Å². The summed E-state index contributed by atoms with van der Waals surface area (Å²) in [6, 6.07) is 18.3. The first-order valence-corrected chi connectivity index (χ1v) is 10.5. The number of aliphatic imine (C=N–C) groups is 1. The minimum Gasteiger partial charge on any atom is -0.357 e. The van der Waals surface area contributed by atoms with Gasteiger partial charge in [-0.1, -0.05) is 48.9 Å². The number of hydrogen-bond donors (Lipinski definition) is 2. The van der Waals surface area contributed by atoms with Gasteiger partial charge in [-0.05, 0) is 49.4 Å². The van der Waals surface area contributed by atoms with Crippen LogP contribution in [-0.2, 0) is 13.0 Å². The summed E-state index contributed by atoms with van der Waals surface area (Å²) in [5, 5.41) is 6.70. The Bertz CT molecular complexity index is 761. The molecule has 30 heavy (non-hydrogen) atoms. The summed E-state index contributed by atoms with van der Waals surface area (Å²) in [7, 11) is 3.52. The fourth-order valence-electron chi connectivity index (χ4n) is 3.01. The molecule has 0 aromatic heterocycles. The Kier molecular flexibility index (Phi) is 12.8. The first-order chi connectivity index (χ1) is 14.1. The number of rotatable bonds is 10. The number of hydrogen-bond acceptors (Lipinski definition) is 2. The molecular formula is C24H35IN4O. The number of guanidine groups is 1. The molecule has 0 bridgehead atoms. The zero-order valence-electron chi connectivity index (χ0n) is 18.4. The highest BCUT2D eigenvalue weighted by Gasteiger charge is 2.07. The molecule has 0 aliphatic carbocycles. The molecule has 0 radical (unpaired) electrons. The lowest BCUT2D eigenvalue weighted by atomic mass is 10.1. The summed E-state index contributed by atoms with van der Waals surface area (Å²) in [4.78, 5) is 18.2. The van der Waals surface area contributed by atoms with E-state index in [1.165, 1.54) is 18.4 Å². The van der Waals surface area contributed by atoms with Crippen molar-refractivity contribution in [1.29, 1.82) is 0 Å². The Morgan fingerprint density at radius 2 is 1.60 bits per heavy atom. The predicted octanol–water partition coefficient (Wildman–Crippen LogP) is 4.47. The minimum atomic E-state index is 0. The minimum absolute atomic E-state index is 0. The van der Waals surface area contributed by atoms with E-state index in [4.69, 9.17) is 0 Å². The predicted molar refractivity (Wildman–Crippen MR) is 137 cm³/mol. The second-order valence-corrected chi connectivity index (χ2v) is 7.31. The average molecular weight is 522 g/mol. The summed E-state index contributed by atoms with van der Waals surface area (Å²) in [6.45, 7) is 4.39. The number of benzene rings is 2. The molecule has 0 fully saturated rings. The van der Waals surface area contributed by atoms with Crippen LogP contribution in [0, 0.1) is 0 Å². The fourth-order valence-corrected chi connectivity index (χ4v) is 3.01.